The lowest BCUT2D eigenvalue weighted by molar-refractivity contribution is -0.136. The second kappa shape index (κ2) is 5.47. The van der Waals surface area contributed by atoms with Crippen LogP contribution in [0.25, 0.3) is 0 Å². The van der Waals surface area contributed by atoms with Crippen LogP contribution in [0.1, 0.15) is 20.8 Å². The highest BCUT2D eigenvalue weighted by atomic mass is 16.2. The van der Waals surface area contributed by atoms with Crippen LogP contribution < -0.4 is 10.6 Å². The van der Waals surface area contributed by atoms with E-state index in [1.54, 1.807) is 0 Å². The van der Waals surface area contributed by atoms with E-state index in [4.69, 9.17) is 0 Å². The Hall–Kier alpha value is -0.610. The first-order valence-electron chi connectivity index (χ1n) is 5.74. The van der Waals surface area contributed by atoms with Crippen LogP contribution in [0, 0.1) is 5.92 Å². The summed E-state index contributed by atoms with van der Waals surface area (Å²) in [5, 5.41) is 6.47. The number of amides is 1. The number of carbonyl (C=O) groups is 1. The molecule has 0 saturated carbocycles. The van der Waals surface area contributed by atoms with Gasteiger partial charge < -0.3 is 15.5 Å². The molecule has 1 saturated heterocycles. The van der Waals surface area contributed by atoms with Crippen molar-refractivity contribution in [3.05, 3.63) is 0 Å². The Morgan fingerprint density at radius 2 is 2.00 bits per heavy atom. The molecule has 0 spiro atoms. The van der Waals surface area contributed by atoms with Crippen LogP contribution >= 0.6 is 0 Å². The van der Waals surface area contributed by atoms with E-state index < -0.39 is 0 Å². The van der Waals surface area contributed by atoms with Crippen molar-refractivity contribution < 1.29 is 4.79 Å². The molecular formula is C11H23N3O. The molecule has 4 heteroatoms. The van der Waals surface area contributed by atoms with Gasteiger partial charge in [-0.2, -0.15) is 0 Å². The zero-order chi connectivity index (χ0) is 11.4. The topological polar surface area (TPSA) is 44.4 Å². The summed E-state index contributed by atoms with van der Waals surface area (Å²) in [6.45, 7) is 8.65. The molecule has 0 aromatic rings. The predicted molar refractivity (Wildman–Crippen MR) is 61.7 cm³/mol. The van der Waals surface area contributed by atoms with Crippen LogP contribution in [0.4, 0.5) is 0 Å². The fourth-order valence-electron chi connectivity index (χ4n) is 2.21. The van der Waals surface area contributed by atoms with Crippen molar-refractivity contribution >= 4 is 5.91 Å². The van der Waals surface area contributed by atoms with Crippen LogP contribution in [0.3, 0.4) is 0 Å². The molecule has 1 heterocycles. The number of carbonyl (C=O) groups excluding carboxylic acids is 1. The molecule has 0 aromatic heterocycles. The van der Waals surface area contributed by atoms with Gasteiger partial charge in [-0.05, 0) is 20.9 Å². The monoisotopic (exact) mass is 213 g/mol. The number of hydrogen-bond donors (Lipinski definition) is 2. The van der Waals surface area contributed by atoms with Gasteiger partial charge in [0, 0.05) is 37.6 Å². The highest BCUT2D eigenvalue weighted by Gasteiger charge is 2.27. The second-order valence-corrected chi connectivity index (χ2v) is 4.67. The standard InChI is InChI=1S/C11H23N3O/c1-8(5-12-4)11(15)14-6-9(2)13-10(3)7-14/h8-10,12-13H,5-7H2,1-4H3. The summed E-state index contributed by atoms with van der Waals surface area (Å²) in [5.74, 6) is 0.344. The SMILES string of the molecule is CNCC(C)C(=O)N1CC(C)NC(C)C1. The molecule has 3 atom stereocenters. The second-order valence-electron chi connectivity index (χ2n) is 4.67. The van der Waals surface area contributed by atoms with E-state index in [-0.39, 0.29) is 11.8 Å². The third-order valence-corrected chi connectivity index (χ3v) is 2.80. The van der Waals surface area contributed by atoms with Gasteiger partial charge >= 0.3 is 0 Å². The maximum absolute atomic E-state index is 12.0. The van der Waals surface area contributed by atoms with Crippen molar-refractivity contribution in [2.45, 2.75) is 32.9 Å². The summed E-state index contributed by atoms with van der Waals surface area (Å²) < 4.78 is 0. The Balaban J connectivity index is 2.51. The van der Waals surface area contributed by atoms with Crippen LogP contribution in [0.2, 0.25) is 0 Å². The minimum atomic E-state index is 0.0764. The van der Waals surface area contributed by atoms with Crippen molar-refractivity contribution in [3.8, 4) is 0 Å². The third kappa shape index (κ3) is 3.47. The van der Waals surface area contributed by atoms with Crippen LogP contribution in [0.5, 0.6) is 0 Å². The van der Waals surface area contributed by atoms with Gasteiger partial charge in [0.05, 0.1) is 0 Å². The molecule has 2 N–H and O–H groups in total. The maximum atomic E-state index is 12.0. The minimum Gasteiger partial charge on any atom is -0.339 e. The number of hydrogen-bond acceptors (Lipinski definition) is 3. The van der Waals surface area contributed by atoms with Gasteiger partial charge in [0.25, 0.3) is 0 Å². The fourth-order valence-corrected chi connectivity index (χ4v) is 2.21. The van der Waals surface area contributed by atoms with E-state index in [0.29, 0.717) is 12.1 Å². The van der Waals surface area contributed by atoms with Gasteiger partial charge in [0.15, 0.2) is 0 Å². The van der Waals surface area contributed by atoms with Crippen LogP contribution in [0.15, 0.2) is 0 Å². The Morgan fingerprint density at radius 1 is 1.47 bits per heavy atom. The molecule has 0 radical (unpaired) electrons. The Bertz CT molecular complexity index is 210. The smallest absolute Gasteiger partial charge is 0.226 e. The molecule has 1 amide bonds. The molecule has 0 aromatic carbocycles. The highest BCUT2D eigenvalue weighted by molar-refractivity contribution is 5.79. The Morgan fingerprint density at radius 3 is 2.47 bits per heavy atom. The lowest BCUT2D eigenvalue weighted by Gasteiger charge is -2.37. The van der Waals surface area contributed by atoms with Crippen molar-refractivity contribution in [1.82, 2.24) is 15.5 Å². The predicted octanol–water partition coefficient (Wildman–Crippen LogP) is 0.0507. The number of rotatable bonds is 3. The molecule has 88 valence electrons. The molecule has 0 aliphatic carbocycles. The molecule has 0 bridgehead atoms. The maximum Gasteiger partial charge on any atom is 0.226 e. The number of nitrogens with zero attached hydrogens (tertiary/aromatic N) is 1. The summed E-state index contributed by atoms with van der Waals surface area (Å²) in [5.41, 5.74) is 0. The van der Waals surface area contributed by atoms with Crippen molar-refractivity contribution in [2.24, 2.45) is 5.92 Å². The van der Waals surface area contributed by atoms with E-state index in [9.17, 15) is 4.79 Å². The van der Waals surface area contributed by atoms with Gasteiger partial charge in [-0.25, -0.2) is 0 Å². The summed E-state index contributed by atoms with van der Waals surface area (Å²) >= 11 is 0. The fraction of sp³-hybridized carbons (Fsp3) is 0.909. The summed E-state index contributed by atoms with van der Waals surface area (Å²) in [7, 11) is 1.88. The van der Waals surface area contributed by atoms with Gasteiger partial charge in [-0.15, -0.1) is 0 Å². The van der Waals surface area contributed by atoms with E-state index >= 15 is 0 Å². The zero-order valence-electron chi connectivity index (χ0n) is 10.2. The Kier molecular flexibility index (Phi) is 4.54. The van der Waals surface area contributed by atoms with Gasteiger partial charge in [-0.3, -0.25) is 4.79 Å². The lowest BCUT2D eigenvalue weighted by atomic mass is 10.1. The molecule has 3 unspecified atom stereocenters. The van der Waals surface area contributed by atoms with Crippen molar-refractivity contribution in [2.75, 3.05) is 26.7 Å². The quantitative estimate of drug-likeness (QED) is 0.696. The zero-order valence-corrected chi connectivity index (χ0v) is 10.2. The average molecular weight is 213 g/mol. The summed E-state index contributed by atoms with van der Waals surface area (Å²) in [4.78, 5) is 14.0. The van der Waals surface area contributed by atoms with Crippen LogP contribution in [-0.4, -0.2) is 49.6 Å². The first-order chi connectivity index (χ1) is 7.04. The average Bonchev–Trinajstić information content (AvgIpc) is 2.15. The lowest BCUT2D eigenvalue weighted by Crippen LogP contribution is -2.57. The first-order valence-corrected chi connectivity index (χ1v) is 5.74. The van der Waals surface area contributed by atoms with E-state index in [1.165, 1.54) is 0 Å². The summed E-state index contributed by atoms with van der Waals surface area (Å²) in [6.07, 6.45) is 0. The van der Waals surface area contributed by atoms with Crippen molar-refractivity contribution in [1.29, 1.82) is 0 Å². The molecule has 1 rings (SSSR count). The van der Waals surface area contributed by atoms with Gasteiger partial charge in [0.2, 0.25) is 5.91 Å². The normalized spacial score (nSPS) is 28.9. The minimum absolute atomic E-state index is 0.0764. The number of piperazine rings is 1. The molecule has 4 nitrogen and oxygen atoms in total. The molecule has 1 aliphatic heterocycles. The molecule has 1 fully saturated rings. The summed E-state index contributed by atoms with van der Waals surface area (Å²) in [6, 6.07) is 0.805. The largest absolute Gasteiger partial charge is 0.339 e. The van der Waals surface area contributed by atoms with Crippen LogP contribution in [-0.2, 0) is 4.79 Å². The molecule has 15 heavy (non-hydrogen) atoms. The van der Waals surface area contributed by atoms with Gasteiger partial charge in [-0.1, -0.05) is 6.92 Å². The van der Waals surface area contributed by atoms with Crippen molar-refractivity contribution in [3.63, 3.8) is 0 Å². The number of nitrogens with one attached hydrogen (secondary N) is 2. The Labute approximate surface area is 92.4 Å². The third-order valence-electron chi connectivity index (χ3n) is 2.80. The van der Waals surface area contributed by atoms with E-state index in [2.05, 4.69) is 24.5 Å². The first kappa shape index (κ1) is 12.5. The van der Waals surface area contributed by atoms with E-state index in [1.807, 2.05) is 18.9 Å². The molecule has 1 aliphatic rings. The highest BCUT2D eigenvalue weighted by Crippen LogP contribution is 2.08. The molecular weight excluding hydrogens is 190 g/mol. The van der Waals surface area contributed by atoms with E-state index in [0.717, 1.165) is 19.6 Å². The van der Waals surface area contributed by atoms with Gasteiger partial charge in [0.1, 0.15) is 0 Å².